The van der Waals surface area contributed by atoms with Gasteiger partial charge in [-0.15, -0.1) is 0 Å². The molecule has 5 rings (SSSR count). The Balaban J connectivity index is 1.26. The summed E-state index contributed by atoms with van der Waals surface area (Å²) in [5.74, 6) is 0.644. The number of ether oxygens (including phenoxy) is 2. The molecule has 0 saturated carbocycles. The van der Waals surface area contributed by atoms with Crippen molar-refractivity contribution in [3.63, 3.8) is 0 Å². The van der Waals surface area contributed by atoms with Crippen LogP contribution in [0.25, 0.3) is 17.0 Å². The lowest BCUT2D eigenvalue weighted by atomic mass is 10.1. The van der Waals surface area contributed by atoms with Gasteiger partial charge in [-0.25, -0.2) is 0 Å². The van der Waals surface area contributed by atoms with E-state index in [9.17, 15) is 9.59 Å². The van der Waals surface area contributed by atoms with Crippen LogP contribution in [0.1, 0.15) is 27.0 Å². The highest BCUT2D eigenvalue weighted by molar-refractivity contribution is 6.09. The highest BCUT2D eigenvalue weighted by Crippen LogP contribution is 2.33. The lowest BCUT2D eigenvalue weighted by Gasteiger charge is -2.20. The van der Waals surface area contributed by atoms with Crippen molar-refractivity contribution in [2.24, 2.45) is 0 Å². The molecule has 0 atom stereocenters. The van der Waals surface area contributed by atoms with Gasteiger partial charge in [-0.3, -0.25) is 9.59 Å². The second-order valence-corrected chi connectivity index (χ2v) is 8.39. The topological polar surface area (TPSA) is 92.4 Å². The summed E-state index contributed by atoms with van der Waals surface area (Å²) < 4.78 is 11.2. The van der Waals surface area contributed by atoms with Crippen LogP contribution in [0.2, 0.25) is 0 Å². The van der Waals surface area contributed by atoms with Crippen molar-refractivity contribution in [3.8, 4) is 11.5 Å². The lowest BCUT2D eigenvalue weighted by molar-refractivity contribution is -0.115. The molecule has 3 aromatic carbocycles. The minimum absolute atomic E-state index is 0.146. The van der Waals surface area contributed by atoms with E-state index in [0.29, 0.717) is 35.7 Å². The minimum atomic E-state index is -0.393. The first-order valence-electron chi connectivity index (χ1n) is 11.3. The van der Waals surface area contributed by atoms with Crippen LogP contribution in [0.4, 0.5) is 5.69 Å². The van der Waals surface area contributed by atoms with Gasteiger partial charge in [0.05, 0.1) is 12.8 Å². The Hall–Kier alpha value is -4.52. The average molecular weight is 468 g/mol. The maximum absolute atomic E-state index is 12.7. The van der Waals surface area contributed by atoms with Crippen molar-refractivity contribution >= 4 is 34.5 Å². The highest BCUT2D eigenvalue weighted by Gasteiger charge is 2.23. The number of carbonyl (C=O) groups is 2. The van der Waals surface area contributed by atoms with E-state index < -0.39 is 5.91 Å². The van der Waals surface area contributed by atoms with E-state index in [2.05, 4.69) is 40.7 Å². The quantitative estimate of drug-likeness (QED) is 0.354. The first kappa shape index (κ1) is 22.3. The second kappa shape index (κ2) is 9.38. The Morgan fingerprint density at radius 1 is 1.11 bits per heavy atom. The van der Waals surface area contributed by atoms with E-state index in [1.807, 2.05) is 30.5 Å². The maximum atomic E-state index is 12.7. The van der Waals surface area contributed by atoms with Gasteiger partial charge in [-0.05, 0) is 61.4 Å². The standard InChI is InChI=1S/C28H25N3O4/c1-17-7-9-22-21(13-17)20(16-30-22)11-12-29-27(32)19-8-10-25-23(14-19)31-28(33)26(35-25)15-18-5-3-4-6-24(18)34-2/h3-10,13-16,30H,11-12H2,1-2H3,(H,29,32)(H,31,33). The number of fused-ring (bicyclic) bond motifs is 2. The Kier molecular flexibility index (Phi) is 5.97. The fourth-order valence-corrected chi connectivity index (χ4v) is 4.14. The zero-order valence-electron chi connectivity index (χ0n) is 19.5. The van der Waals surface area contributed by atoms with E-state index in [1.165, 1.54) is 10.9 Å². The minimum Gasteiger partial charge on any atom is -0.496 e. The summed E-state index contributed by atoms with van der Waals surface area (Å²) in [7, 11) is 1.57. The third-order valence-corrected chi connectivity index (χ3v) is 5.96. The molecular formula is C28H25N3O4. The summed E-state index contributed by atoms with van der Waals surface area (Å²) in [5.41, 5.74) is 5.06. The molecule has 0 aliphatic carbocycles. The number of aromatic amines is 1. The molecule has 0 saturated heterocycles. The molecule has 0 unspecified atom stereocenters. The number of carbonyl (C=O) groups excluding carboxylic acids is 2. The van der Waals surface area contributed by atoms with Crippen LogP contribution in [0.5, 0.6) is 11.5 Å². The number of methoxy groups -OCH3 is 1. The summed E-state index contributed by atoms with van der Waals surface area (Å²) in [5, 5.41) is 6.94. The smallest absolute Gasteiger partial charge is 0.291 e. The van der Waals surface area contributed by atoms with E-state index in [0.717, 1.165) is 16.6 Å². The molecule has 3 N–H and O–H groups in total. The fourth-order valence-electron chi connectivity index (χ4n) is 4.14. The van der Waals surface area contributed by atoms with Crippen molar-refractivity contribution in [1.82, 2.24) is 10.3 Å². The number of para-hydroxylation sites is 1. The number of benzene rings is 3. The molecular weight excluding hydrogens is 442 g/mol. The SMILES string of the molecule is COc1ccccc1C=C1Oc2ccc(C(=O)NCCc3c[nH]c4ccc(C)cc34)cc2NC1=O. The molecule has 35 heavy (non-hydrogen) atoms. The molecule has 0 bridgehead atoms. The number of nitrogens with one attached hydrogen (secondary N) is 3. The Bertz CT molecular complexity index is 1470. The molecule has 1 aliphatic heterocycles. The van der Waals surface area contributed by atoms with Crippen LogP contribution in [-0.2, 0) is 11.2 Å². The van der Waals surface area contributed by atoms with Crippen molar-refractivity contribution in [3.05, 3.63) is 94.9 Å². The van der Waals surface area contributed by atoms with Crippen molar-refractivity contribution in [2.75, 3.05) is 19.0 Å². The molecule has 1 aliphatic rings. The second-order valence-electron chi connectivity index (χ2n) is 8.39. The normalized spacial score (nSPS) is 13.8. The molecule has 0 radical (unpaired) electrons. The number of hydrogen-bond donors (Lipinski definition) is 3. The number of anilines is 1. The summed E-state index contributed by atoms with van der Waals surface area (Å²) >= 11 is 0. The van der Waals surface area contributed by atoms with Crippen LogP contribution in [0.3, 0.4) is 0 Å². The summed E-state index contributed by atoms with van der Waals surface area (Å²) in [6.45, 7) is 2.55. The summed E-state index contributed by atoms with van der Waals surface area (Å²) in [6, 6.07) is 18.6. The van der Waals surface area contributed by atoms with Crippen molar-refractivity contribution < 1.29 is 19.1 Å². The van der Waals surface area contributed by atoms with Gasteiger partial charge in [0.25, 0.3) is 11.8 Å². The van der Waals surface area contributed by atoms with Crippen LogP contribution in [0, 0.1) is 6.92 Å². The third kappa shape index (κ3) is 4.61. The Morgan fingerprint density at radius 2 is 1.97 bits per heavy atom. The zero-order chi connectivity index (χ0) is 24.4. The van der Waals surface area contributed by atoms with Gasteiger partial charge in [0, 0.05) is 34.8 Å². The van der Waals surface area contributed by atoms with Gasteiger partial charge in [-0.1, -0.05) is 29.8 Å². The molecule has 176 valence electrons. The first-order chi connectivity index (χ1) is 17.0. The number of aromatic nitrogens is 1. The molecule has 0 fully saturated rings. The third-order valence-electron chi connectivity index (χ3n) is 5.96. The lowest BCUT2D eigenvalue weighted by Crippen LogP contribution is -2.27. The summed E-state index contributed by atoms with van der Waals surface area (Å²) in [6.07, 6.45) is 4.32. The fraction of sp³-hybridized carbons (Fsp3) is 0.143. The predicted molar refractivity (Wildman–Crippen MR) is 136 cm³/mol. The zero-order valence-corrected chi connectivity index (χ0v) is 19.5. The molecule has 7 heteroatoms. The molecule has 2 amide bonds. The Morgan fingerprint density at radius 3 is 2.83 bits per heavy atom. The van der Waals surface area contributed by atoms with E-state index >= 15 is 0 Å². The van der Waals surface area contributed by atoms with E-state index in [-0.39, 0.29) is 11.7 Å². The van der Waals surface area contributed by atoms with Crippen molar-refractivity contribution in [2.45, 2.75) is 13.3 Å². The largest absolute Gasteiger partial charge is 0.496 e. The maximum Gasteiger partial charge on any atom is 0.291 e. The van der Waals surface area contributed by atoms with E-state index in [1.54, 1.807) is 31.4 Å². The highest BCUT2D eigenvalue weighted by atomic mass is 16.5. The monoisotopic (exact) mass is 467 g/mol. The molecule has 4 aromatic rings. The van der Waals surface area contributed by atoms with Gasteiger partial charge >= 0.3 is 0 Å². The number of rotatable bonds is 6. The van der Waals surface area contributed by atoms with Crippen LogP contribution in [-0.4, -0.2) is 30.5 Å². The molecule has 1 aromatic heterocycles. The van der Waals surface area contributed by atoms with Crippen LogP contribution >= 0.6 is 0 Å². The van der Waals surface area contributed by atoms with Gasteiger partial charge in [-0.2, -0.15) is 0 Å². The molecule has 0 spiro atoms. The van der Waals surface area contributed by atoms with Gasteiger partial charge in [0.2, 0.25) is 0 Å². The van der Waals surface area contributed by atoms with Gasteiger partial charge in [0.1, 0.15) is 5.75 Å². The Labute approximate surface area is 202 Å². The number of H-pyrrole nitrogens is 1. The van der Waals surface area contributed by atoms with Gasteiger partial charge < -0.3 is 25.1 Å². The van der Waals surface area contributed by atoms with Crippen LogP contribution in [0.15, 0.2) is 72.6 Å². The first-order valence-corrected chi connectivity index (χ1v) is 11.3. The predicted octanol–water partition coefficient (Wildman–Crippen LogP) is 4.83. The average Bonchev–Trinajstić information content (AvgIpc) is 3.26. The van der Waals surface area contributed by atoms with Crippen LogP contribution < -0.4 is 20.1 Å². The number of aryl methyl sites for hydroxylation is 1. The van der Waals surface area contributed by atoms with Crippen molar-refractivity contribution in [1.29, 1.82) is 0 Å². The number of amides is 2. The summed E-state index contributed by atoms with van der Waals surface area (Å²) in [4.78, 5) is 28.6. The van der Waals surface area contributed by atoms with Gasteiger partial charge in [0.15, 0.2) is 11.5 Å². The molecule has 2 heterocycles. The number of hydrogen-bond acceptors (Lipinski definition) is 4. The van der Waals surface area contributed by atoms with E-state index in [4.69, 9.17) is 9.47 Å². The molecule has 7 nitrogen and oxygen atoms in total.